The minimum Gasteiger partial charge on any atom is -0.466 e. The predicted molar refractivity (Wildman–Crippen MR) is 69.2 cm³/mol. The molecule has 1 aromatic heterocycles. The van der Waals surface area contributed by atoms with Gasteiger partial charge in [-0.25, -0.2) is 0 Å². The smallest absolute Gasteiger partial charge is 0.389 e. The maximum absolute atomic E-state index is 12.2. The summed E-state index contributed by atoms with van der Waals surface area (Å²) in [5.74, 6) is 1.64. The number of rotatable bonds is 6. The lowest BCUT2D eigenvalue weighted by atomic mass is 9.97. The van der Waals surface area contributed by atoms with Crippen molar-refractivity contribution in [3.05, 3.63) is 22.6 Å². The van der Waals surface area contributed by atoms with E-state index in [-0.39, 0.29) is 12.5 Å². The number of hydrogen-bond acceptors (Lipinski definition) is 2. The fourth-order valence-corrected chi connectivity index (χ4v) is 2.42. The van der Waals surface area contributed by atoms with Crippen molar-refractivity contribution < 1.29 is 17.6 Å². The Hall–Kier alpha value is -0.970. The van der Waals surface area contributed by atoms with E-state index in [0.29, 0.717) is 6.42 Å². The highest BCUT2D eigenvalue weighted by Gasteiger charge is 2.28. The van der Waals surface area contributed by atoms with E-state index in [2.05, 4.69) is 5.32 Å². The van der Waals surface area contributed by atoms with Gasteiger partial charge in [0.2, 0.25) is 0 Å². The largest absolute Gasteiger partial charge is 0.466 e. The summed E-state index contributed by atoms with van der Waals surface area (Å²) in [4.78, 5) is 0. The Morgan fingerprint density at radius 1 is 1.16 bits per heavy atom. The molecule has 1 aromatic rings. The van der Waals surface area contributed by atoms with Gasteiger partial charge in [-0.1, -0.05) is 6.92 Å². The lowest BCUT2D eigenvalue weighted by Crippen LogP contribution is -2.22. The maximum atomic E-state index is 12.2. The quantitative estimate of drug-likeness (QED) is 0.822. The molecule has 0 aromatic carbocycles. The first-order chi connectivity index (χ1) is 8.76. The van der Waals surface area contributed by atoms with E-state index in [0.717, 1.165) is 29.2 Å². The highest BCUT2D eigenvalue weighted by Crippen LogP contribution is 2.31. The first kappa shape index (κ1) is 16.1. The van der Waals surface area contributed by atoms with E-state index in [1.807, 2.05) is 27.7 Å². The predicted octanol–water partition coefficient (Wildman–Crippen LogP) is 4.59. The van der Waals surface area contributed by atoms with E-state index in [9.17, 15) is 13.2 Å². The summed E-state index contributed by atoms with van der Waals surface area (Å²) in [5.41, 5.74) is 2.05. The third kappa shape index (κ3) is 4.56. The van der Waals surface area contributed by atoms with Gasteiger partial charge in [-0.05, 0) is 45.7 Å². The van der Waals surface area contributed by atoms with Gasteiger partial charge >= 0.3 is 6.18 Å². The van der Waals surface area contributed by atoms with Crippen LogP contribution < -0.4 is 5.32 Å². The standard InChI is InChI=1S/C14H22F3NO/c1-5-18-12(7-6-8-14(15,16)17)13-9(2)10(3)19-11(13)4/h12,18H,5-8H2,1-4H3. The van der Waals surface area contributed by atoms with Gasteiger partial charge in [0.05, 0.1) is 0 Å². The molecule has 0 saturated heterocycles. The van der Waals surface area contributed by atoms with Crippen molar-refractivity contribution in [2.75, 3.05) is 6.54 Å². The fraction of sp³-hybridized carbons (Fsp3) is 0.714. The van der Waals surface area contributed by atoms with Crippen LogP contribution in [0.3, 0.4) is 0 Å². The van der Waals surface area contributed by atoms with E-state index >= 15 is 0 Å². The van der Waals surface area contributed by atoms with E-state index in [1.165, 1.54) is 0 Å². The van der Waals surface area contributed by atoms with Crippen LogP contribution in [0, 0.1) is 20.8 Å². The molecule has 1 heterocycles. The Bertz CT molecular complexity index is 410. The SMILES string of the molecule is CCNC(CCCC(F)(F)F)c1c(C)oc(C)c1C. The van der Waals surface area contributed by atoms with Crippen LogP contribution in [0.2, 0.25) is 0 Å². The van der Waals surface area contributed by atoms with Crippen molar-refractivity contribution >= 4 is 0 Å². The topological polar surface area (TPSA) is 25.2 Å². The molecule has 0 fully saturated rings. The lowest BCUT2D eigenvalue weighted by Gasteiger charge is -2.19. The van der Waals surface area contributed by atoms with Crippen molar-refractivity contribution in [1.82, 2.24) is 5.32 Å². The van der Waals surface area contributed by atoms with Gasteiger partial charge in [-0.2, -0.15) is 13.2 Å². The molecule has 0 aliphatic rings. The van der Waals surface area contributed by atoms with Crippen LogP contribution in [0.1, 0.15) is 54.9 Å². The zero-order valence-corrected chi connectivity index (χ0v) is 11.9. The molecule has 1 atom stereocenters. The van der Waals surface area contributed by atoms with Crippen molar-refractivity contribution in [3.63, 3.8) is 0 Å². The minimum absolute atomic E-state index is 0.0650. The summed E-state index contributed by atoms with van der Waals surface area (Å²) in [6.07, 6.45) is -4.21. The molecule has 1 rings (SSSR count). The van der Waals surface area contributed by atoms with Crippen LogP contribution in [0.5, 0.6) is 0 Å². The number of hydrogen-bond donors (Lipinski definition) is 1. The van der Waals surface area contributed by atoms with Gasteiger partial charge in [0, 0.05) is 18.0 Å². The van der Waals surface area contributed by atoms with Crippen LogP contribution in [0.25, 0.3) is 0 Å². The highest BCUT2D eigenvalue weighted by atomic mass is 19.4. The fourth-order valence-electron chi connectivity index (χ4n) is 2.42. The monoisotopic (exact) mass is 277 g/mol. The van der Waals surface area contributed by atoms with Crippen molar-refractivity contribution in [2.45, 2.75) is 59.2 Å². The van der Waals surface area contributed by atoms with Crippen LogP contribution in [-0.2, 0) is 0 Å². The molecule has 5 heteroatoms. The molecule has 0 spiro atoms. The Morgan fingerprint density at radius 3 is 2.21 bits per heavy atom. The van der Waals surface area contributed by atoms with Gasteiger partial charge in [-0.15, -0.1) is 0 Å². The molecule has 0 amide bonds. The van der Waals surface area contributed by atoms with Gasteiger partial charge in [0.1, 0.15) is 11.5 Å². The number of furan rings is 1. The Kier molecular flexibility index (Phi) is 5.47. The van der Waals surface area contributed by atoms with Crippen molar-refractivity contribution in [3.8, 4) is 0 Å². The Labute approximate surface area is 112 Å². The second kappa shape index (κ2) is 6.46. The molecule has 0 aliphatic heterocycles. The van der Waals surface area contributed by atoms with Crippen LogP contribution in [0.4, 0.5) is 13.2 Å². The summed E-state index contributed by atoms with van der Waals surface area (Å²) in [6.45, 7) is 8.37. The summed E-state index contributed by atoms with van der Waals surface area (Å²) in [7, 11) is 0. The first-order valence-electron chi connectivity index (χ1n) is 6.63. The molecule has 2 nitrogen and oxygen atoms in total. The summed E-state index contributed by atoms with van der Waals surface area (Å²) in [5, 5.41) is 3.25. The molecule has 1 unspecified atom stereocenters. The van der Waals surface area contributed by atoms with Crippen molar-refractivity contribution in [1.29, 1.82) is 0 Å². The minimum atomic E-state index is -4.08. The van der Waals surface area contributed by atoms with Crippen LogP contribution in [-0.4, -0.2) is 12.7 Å². The summed E-state index contributed by atoms with van der Waals surface area (Å²) in [6, 6.07) is -0.0650. The molecule has 19 heavy (non-hydrogen) atoms. The van der Waals surface area contributed by atoms with E-state index < -0.39 is 12.6 Å². The van der Waals surface area contributed by atoms with Gasteiger partial charge < -0.3 is 9.73 Å². The molecular formula is C14H22F3NO. The molecule has 110 valence electrons. The average molecular weight is 277 g/mol. The van der Waals surface area contributed by atoms with Crippen LogP contribution >= 0.6 is 0 Å². The number of nitrogens with one attached hydrogen (secondary N) is 1. The molecule has 0 saturated carbocycles. The highest BCUT2D eigenvalue weighted by molar-refractivity contribution is 5.34. The molecule has 1 N–H and O–H groups in total. The Balaban J connectivity index is 2.77. The summed E-state index contributed by atoms with van der Waals surface area (Å²) >= 11 is 0. The van der Waals surface area contributed by atoms with Gasteiger partial charge in [0.25, 0.3) is 0 Å². The normalized spacial score (nSPS) is 13.8. The molecule has 0 radical (unpaired) electrons. The van der Waals surface area contributed by atoms with Crippen molar-refractivity contribution in [2.24, 2.45) is 0 Å². The third-order valence-electron chi connectivity index (χ3n) is 3.37. The van der Waals surface area contributed by atoms with Gasteiger partial charge in [-0.3, -0.25) is 0 Å². The average Bonchev–Trinajstić information content (AvgIpc) is 2.50. The lowest BCUT2D eigenvalue weighted by molar-refractivity contribution is -0.135. The zero-order chi connectivity index (χ0) is 14.6. The van der Waals surface area contributed by atoms with E-state index in [1.54, 1.807) is 0 Å². The molecule has 0 aliphatic carbocycles. The third-order valence-corrected chi connectivity index (χ3v) is 3.37. The van der Waals surface area contributed by atoms with E-state index in [4.69, 9.17) is 4.42 Å². The first-order valence-corrected chi connectivity index (χ1v) is 6.63. The number of halogens is 3. The van der Waals surface area contributed by atoms with Crippen LogP contribution in [0.15, 0.2) is 4.42 Å². The molecule has 0 bridgehead atoms. The second-order valence-electron chi connectivity index (χ2n) is 4.87. The second-order valence-corrected chi connectivity index (χ2v) is 4.87. The number of aryl methyl sites for hydroxylation is 2. The number of alkyl halides is 3. The zero-order valence-electron chi connectivity index (χ0n) is 11.9. The summed E-state index contributed by atoms with van der Waals surface area (Å²) < 4.78 is 42.2. The molecular weight excluding hydrogens is 255 g/mol. The Morgan fingerprint density at radius 2 is 1.79 bits per heavy atom. The maximum Gasteiger partial charge on any atom is 0.389 e. The van der Waals surface area contributed by atoms with Gasteiger partial charge in [0.15, 0.2) is 0 Å².